The van der Waals surface area contributed by atoms with Gasteiger partial charge in [0.15, 0.2) is 0 Å². The number of hydrogen-bond acceptors (Lipinski definition) is 8. The summed E-state index contributed by atoms with van der Waals surface area (Å²) in [6.07, 6.45) is -4.67. The van der Waals surface area contributed by atoms with Crippen LogP contribution in [0.1, 0.15) is 0 Å². The third-order valence-corrected chi connectivity index (χ3v) is 1.49. The van der Waals surface area contributed by atoms with E-state index in [4.69, 9.17) is 30.0 Å². The molecule has 11 heteroatoms. The quantitative estimate of drug-likeness (QED) is 0.245. The maximum atomic E-state index is 10.3. The van der Waals surface area contributed by atoms with Gasteiger partial charge in [-0.1, -0.05) is 60.7 Å². The summed E-state index contributed by atoms with van der Waals surface area (Å²) in [4.78, 5) is 16.7. The Morgan fingerprint density at radius 3 is 0.760 bits per heavy atom. The van der Waals surface area contributed by atoms with Crippen molar-refractivity contribution in [3.05, 3.63) is 60.7 Å². The molecule has 0 aromatic heterocycles. The SMILES string of the molecule is O=C([O-])[O-].O=C([O-])[O-].[Ba+2].[Ba+2].[Ba+2].[O-]c1ccccc1.[O-]c1ccccc1. The topological polar surface area (TPSA) is 172 Å². The second-order valence-corrected chi connectivity index (χ2v) is 3.13. The van der Waals surface area contributed by atoms with Gasteiger partial charge in [-0.25, -0.2) is 0 Å². The van der Waals surface area contributed by atoms with E-state index in [1.54, 1.807) is 24.3 Å². The summed E-state index contributed by atoms with van der Waals surface area (Å²) in [5, 5.41) is 53.9. The molecular formula is C14H10Ba3O8. The Balaban J connectivity index is -0.0000000709. The Kier molecular flexibility index (Phi) is 40.8. The van der Waals surface area contributed by atoms with Crippen LogP contribution in [0.3, 0.4) is 0 Å². The molecule has 2 aromatic rings. The Morgan fingerprint density at radius 1 is 0.520 bits per heavy atom. The van der Waals surface area contributed by atoms with Gasteiger partial charge >= 0.3 is 147 Å². The minimum absolute atomic E-state index is 0. The van der Waals surface area contributed by atoms with Gasteiger partial charge in [-0.2, -0.15) is 0 Å². The van der Waals surface area contributed by atoms with Crippen molar-refractivity contribution in [2.75, 3.05) is 0 Å². The molecule has 0 atom stereocenters. The van der Waals surface area contributed by atoms with Crippen molar-refractivity contribution in [3.63, 3.8) is 0 Å². The molecule has 0 aliphatic rings. The second-order valence-electron chi connectivity index (χ2n) is 3.13. The summed E-state index contributed by atoms with van der Waals surface area (Å²) in [6, 6.07) is 16.7. The van der Waals surface area contributed by atoms with Gasteiger partial charge in [0.2, 0.25) is 0 Å². The first kappa shape index (κ1) is 37.1. The Labute approximate surface area is 265 Å². The van der Waals surface area contributed by atoms with Crippen molar-refractivity contribution >= 4 is 159 Å². The molecule has 0 saturated heterocycles. The molecule has 0 saturated carbocycles. The third-order valence-electron chi connectivity index (χ3n) is 1.49. The molecule has 2 aromatic carbocycles. The molecule has 2 rings (SSSR count). The largest absolute Gasteiger partial charge is 2.00 e. The number of carbonyl (C=O) groups is 2. The van der Waals surface area contributed by atoms with Crippen LogP contribution in [0.5, 0.6) is 11.5 Å². The molecule has 0 aliphatic heterocycles. The standard InChI is InChI=1S/2C6H6O.2CH2O3.3Ba/c2*7-6-4-2-1-3-5-6;2*2-1(3)4;;;/h2*1-5,7H;2*(H2,2,3,4);;;/q;;;;3*+2/p-6. The number of benzene rings is 2. The summed E-state index contributed by atoms with van der Waals surface area (Å²) >= 11 is 0. The number of rotatable bonds is 0. The van der Waals surface area contributed by atoms with Crippen molar-refractivity contribution in [3.8, 4) is 11.5 Å². The Bertz CT molecular complexity index is 469. The van der Waals surface area contributed by atoms with E-state index in [1.807, 2.05) is 12.1 Å². The molecule has 0 spiro atoms. The molecule has 120 valence electrons. The van der Waals surface area contributed by atoms with Crippen LogP contribution in [0.2, 0.25) is 0 Å². The van der Waals surface area contributed by atoms with Crippen LogP contribution in [0.15, 0.2) is 60.7 Å². The second kappa shape index (κ2) is 27.5. The summed E-state index contributed by atoms with van der Waals surface area (Å²) in [5.41, 5.74) is 0. The van der Waals surface area contributed by atoms with E-state index < -0.39 is 12.3 Å². The zero-order chi connectivity index (χ0) is 17.4. The average molecular weight is 718 g/mol. The van der Waals surface area contributed by atoms with Crippen LogP contribution in [-0.4, -0.2) is 159 Å². The van der Waals surface area contributed by atoms with Crippen molar-refractivity contribution < 1.29 is 40.2 Å². The van der Waals surface area contributed by atoms with Crippen LogP contribution in [0.25, 0.3) is 0 Å². The average Bonchev–Trinajstić information content (AvgIpc) is 2.40. The first-order valence-electron chi connectivity index (χ1n) is 5.45. The minimum atomic E-state index is -2.33. The van der Waals surface area contributed by atoms with E-state index in [-0.39, 0.29) is 158 Å². The third kappa shape index (κ3) is 45.9. The smallest absolute Gasteiger partial charge is 0.872 e. The van der Waals surface area contributed by atoms with E-state index in [0.29, 0.717) is 0 Å². The van der Waals surface area contributed by atoms with Crippen molar-refractivity contribution in [1.29, 1.82) is 0 Å². The zero-order valence-electron chi connectivity index (χ0n) is 13.2. The van der Waals surface area contributed by atoms with Gasteiger partial charge in [-0.15, -0.1) is 11.5 Å². The maximum Gasteiger partial charge on any atom is 2.00 e. The first-order chi connectivity index (χ1) is 10.3. The molecule has 0 aliphatic carbocycles. The molecule has 25 heavy (non-hydrogen) atoms. The summed E-state index contributed by atoms with van der Waals surface area (Å²) in [5.74, 6) is 0.144. The van der Waals surface area contributed by atoms with Crippen LogP contribution < -0.4 is 30.6 Å². The van der Waals surface area contributed by atoms with Gasteiger partial charge in [0.1, 0.15) is 0 Å². The fourth-order valence-electron chi connectivity index (χ4n) is 0.841. The van der Waals surface area contributed by atoms with Gasteiger partial charge in [0.25, 0.3) is 0 Å². The van der Waals surface area contributed by atoms with Crippen LogP contribution in [0.4, 0.5) is 9.59 Å². The predicted molar refractivity (Wildman–Crippen MR) is 79.8 cm³/mol. The summed E-state index contributed by atoms with van der Waals surface area (Å²) in [6.45, 7) is 0. The van der Waals surface area contributed by atoms with Crippen LogP contribution in [-0.2, 0) is 0 Å². The van der Waals surface area contributed by atoms with Crippen molar-refractivity contribution in [2.45, 2.75) is 0 Å². The molecule has 0 fully saturated rings. The van der Waals surface area contributed by atoms with E-state index in [0.717, 1.165) is 0 Å². The number of para-hydroxylation sites is 2. The van der Waals surface area contributed by atoms with Gasteiger partial charge in [-0.3, -0.25) is 0 Å². The molecule has 0 bridgehead atoms. The Hall–Kier alpha value is 1.29. The molecule has 0 heterocycles. The molecular weight excluding hydrogens is 708 g/mol. The van der Waals surface area contributed by atoms with Crippen LogP contribution in [0, 0.1) is 0 Å². The fourth-order valence-corrected chi connectivity index (χ4v) is 0.841. The summed E-state index contributed by atoms with van der Waals surface area (Å²) < 4.78 is 0. The van der Waals surface area contributed by atoms with E-state index >= 15 is 0 Å². The predicted octanol–water partition coefficient (Wildman–Crippen LogP) is -4.52. The van der Waals surface area contributed by atoms with Gasteiger partial charge < -0.3 is 40.2 Å². The molecule has 0 N–H and O–H groups in total. The van der Waals surface area contributed by atoms with Gasteiger partial charge in [-0.05, 0) is 12.3 Å². The normalized spacial score (nSPS) is 6.72. The first-order valence-corrected chi connectivity index (χ1v) is 5.45. The monoisotopic (exact) mass is 720 g/mol. The van der Waals surface area contributed by atoms with E-state index in [1.165, 1.54) is 24.3 Å². The minimum Gasteiger partial charge on any atom is -0.872 e. The molecule has 0 unspecified atom stereocenters. The van der Waals surface area contributed by atoms with Gasteiger partial charge in [0, 0.05) is 0 Å². The number of carboxylic acid groups (broad SMARTS) is 4. The number of carbonyl (C=O) groups excluding carboxylic acids is 2. The molecule has 0 amide bonds. The van der Waals surface area contributed by atoms with Crippen molar-refractivity contribution in [2.24, 2.45) is 0 Å². The van der Waals surface area contributed by atoms with E-state index in [9.17, 15) is 10.2 Å². The number of hydrogen-bond donors (Lipinski definition) is 0. The molecule has 0 radical (unpaired) electrons. The fraction of sp³-hybridized carbons (Fsp3) is 0. The maximum absolute atomic E-state index is 10.3. The van der Waals surface area contributed by atoms with Gasteiger partial charge in [0.05, 0.1) is 0 Å². The summed E-state index contributed by atoms with van der Waals surface area (Å²) in [7, 11) is 0. The Morgan fingerprint density at radius 2 is 0.680 bits per heavy atom. The van der Waals surface area contributed by atoms with E-state index in [2.05, 4.69) is 0 Å². The van der Waals surface area contributed by atoms with Crippen LogP contribution >= 0.6 is 0 Å². The molecule has 8 nitrogen and oxygen atoms in total. The van der Waals surface area contributed by atoms with Crippen molar-refractivity contribution in [1.82, 2.24) is 0 Å². The zero-order valence-corrected chi connectivity index (χ0v) is 26.5.